The summed E-state index contributed by atoms with van der Waals surface area (Å²) in [6, 6.07) is 13.7. The summed E-state index contributed by atoms with van der Waals surface area (Å²) < 4.78 is 11.5. The first-order valence-electron chi connectivity index (χ1n) is 12.6. The van der Waals surface area contributed by atoms with Crippen molar-refractivity contribution in [2.24, 2.45) is 0 Å². The summed E-state index contributed by atoms with van der Waals surface area (Å²) in [7, 11) is 5.45. The lowest BCUT2D eigenvalue weighted by atomic mass is 9.95. The van der Waals surface area contributed by atoms with Gasteiger partial charge in [0.05, 0.1) is 13.7 Å². The normalized spacial score (nSPS) is 18.8. The fourth-order valence-electron chi connectivity index (χ4n) is 5.03. The van der Waals surface area contributed by atoms with E-state index in [1.165, 1.54) is 0 Å². The Morgan fingerprint density at radius 3 is 2.49 bits per heavy atom. The molecule has 1 unspecified atom stereocenters. The molecule has 2 aliphatic rings. The Morgan fingerprint density at radius 1 is 1.08 bits per heavy atom. The van der Waals surface area contributed by atoms with Crippen LogP contribution in [0.1, 0.15) is 39.1 Å². The van der Waals surface area contributed by atoms with Gasteiger partial charge in [-0.2, -0.15) is 0 Å². The summed E-state index contributed by atoms with van der Waals surface area (Å²) in [5.74, 6) is 0.0737. The van der Waals surface area contributed by atoms with Gasteiger partial charge >= 0.3 is 0 Å². The Bertz CT molecular complexity index is 1140. The van der Waals surface area contributed by atoms with Crippen LogP contribution in [0.5, 0.6) is 5.75 Å². The Balaban J connectivity index is 1.55. The van der Waals surface area contributed by atoms with Crippen LogP contribution < -0.4 is 10.1 Å². The number of hydrogen-bond acceptors (Lipinski definition) is 6. The van der Waals surface area contributed by atoms with Crippen LogP contribution in [0.15, 0.2) is 48.5 Å². The molecule has 1 atom stereocenters. The Morgan fingerprint density at radius 2 is 1.81 bits per heavy atom. The van der Waals surface area contributed by atoms with Gasteiger partial charge in [-0.1, -0.05) is 24.3 Å². The molecule has 2 aromatic carbocycles. The molecule has 2 aromatic rings. The summed E-state index contributed by atoms with van der Waals surface area (Å²) in [6.45, 7) is 3.99. The Labute approximate surface area is 218 Å². The second-order valence-corrected chi connectivity index (χ2v) is 9.88. The van der Waals surface area contributed by atoms with Crippen LogP contribution in [0.25, 0.3) is 0 Å². The van der Waals surface area contributed by atoms with Crippen molar-refractivity contribution in [3.8, 4) is 5.75 Å². The summed E-state index contributed by atoms with van der Waals surface area (Å²) >= 11 is 0. The topological polar surface area (TPSA) is 91.4 Å². The van der Waals surface area contributed by atoms with E-state index in [2.05, 4.69) is 5.32 Å². The highest BCUT2D eigenvalue weighted by Gasteiger charge is 2.54. The van der Waals surface area contributed by atoms with Crippen molar-refractivity contribution < 1.29 is 23.9 Å². The van der Waals surface area contributed by atoms with Gasteiger partial charge in [-0.25, -0.2) is 0 Å². The third kappa shape index (κ3) is 5.62. The lowest BCUT2D eigenvalue weighted by Gasteiger charge is -2.44. The molecule has 2 fully saturated rings. The number of ether oxygens (including phenoxy) is 2. The van der Waals surface area contributed by atoms with Crippen molar-refractivity contribution in [3.63, 3.8) is 0 Å². The van der Waals surface area contributed by atoms with Crippen LogP contribution in [0.4, 0.5) is 0 Å². The summed E-state index contributed by atoms with van der Waals surface area (Å²) in [4.78, 5) is 45.7. The molecule has 0 aromatic heterocycles. The first-order valence-corrected chi connectivity index (χ1v) is 12.6. The molecule has 1 N–H and O–H groups in total. The van der Waals surface area contributed by atoms with Crippen LogP contribution in [-0.4, -0.2) is 98.2 Å². The first kappa shape index (κ1) is 26.6. The fourth-order valence-corrected chi connectivity index (χ4v) is 5.03. The van der Waals surface area contributed by atoms with Gasteiger partial charge in [-0.05, 0) is 50.8 Å². The maximum Gasteiger partial charge on any atom is 0.257 e. The van der Waals surface area contributed by atoms with Gasteiger partial charge in [0.15, 0.2) is 0 Å². The van der Waals surface area contributed by atoms with Crippen LogP contribution in [0.2, 0.25) is 0 Å². The molecule has 0 bridgehead atoms. The summed E-state index contributed by atoms with van der Waals surface area (Å²) in [6.07, 6.45) is 0.837. The molecule has 9 heteroatoms. The molecular weight excluding hydrogens is 472 g/mol. The zero-order valence-electron chi connectivity index (χ0n) is 22.0. The smallest absolute Gasteiger partial charge is 0.257 e. The fraction of sp³-hybridized carbons (Fsp3) is 0.464. The minimum Gasteiger partial charge on any atom is -0.497 e. The van der Waals surface area contributed by atoms with E-state index < -0.39 is 11.8 Å². The maximum absolute atomic E-state index is 13.9. The number of nitrogens with one attached hydrogen (secondary N) is 1. The van der Waals surface area contributed by atoms with E-state index in [1.807, 2.05) is 44.1 Å². The largest absolute Gasteiger partial charge is 0.497 e. The number of carbonyl (C=O) groups is 3. The van der Waals surface area contributed by atoms with Gasteiger partial charge in [-0.15, -0.1) is 0 Å². The van der Waals surface area contributed by atoms with Crippen molar-refractivity contribution in [2.75, 3.05) is 54.0 Å². The van der Waals surface area contributed by atoms with Gasteiger partial charge in [0.2, 0.25) is 5.91 Å². The molecule has 2 aliphatic heterocycles. The summed E-state index contributed by atoms with van der Waals surface area (Å²) in [5, 5.41) is 2.96. The van der Waals surface area contributed by atoms with Crippen LogP contribution in [-0.2, 0) is 9.53 Å². The van der Waals surface area contributed by atoms with E-state index >= 15 is 0 Å². The highest BCUT2D eigenvalue weighted by molar-refractivity contribution is 5.99. The second-order valence-electron chi connectivity index (χ2n) is 9.88. The van der Waals surface area contributed by atoms with Crippen molar-refractivity contribution in [1.29, 1.82) is 0 Å². The predicted molar refractivity (Wildman–Crippen MR) is 140 cm³/mol. The monoisotopic (exact) mass is 508 g/mol. The predicted octanol–water partition coefficient (Wildman–Crippen LogP) is 2.15. The third-order valence-electron chi connectivity index (χ3n) is 7.16. The van der Waals surface area contributed by atoms with E-state index in [4.69, 9.17) is 9.47 Å². The Hall–Kier alpha value is -3.43. The molecule has 3 amide bonds. The molecule has 0 saturated carbocycles. The SMILES string of the molecule is COc1cccc(C(=O)N2CCC3(CC2)OCC(C(=O)NCCN(C)C)N3C(=O)c2ccccc2C)c1. The molecule has 4 rings (SSSR count). The van der Waals surface area contributed by atoms with E-state index in [-0.39, 0.29) is 24.3 Å². The number of hydrogen-bond donors (Lipinski definition) is 1. The number of amides is 3. The number of likely N-dealkylation sites (tertiary alicyclic amines) is 1. The van der Waals surface area contributed by atoms with E-state index in [1.54, 1.807) is 47.2 Å². The van der Waals surface area contributed by atoms with Crippen molar-refractivity contribution >= 4 is 17.7 Å². The van der Waals surface area contributed by atoms with Gasteiger partial charge in [-0.3, -0.25) is 19.3 Å². The molecule has 2 saturated heterocycles. The highest BCUT2D eigenvalue weighted by Crippen LogP contribution is 2.39. The molecule has 1 spiro atoms. The highest BCUT2D eigenvalue weighted by atomic mass is 16.5. The van der Waals surface area contributed by atoms with Crippen molar-refractivity contribution in [3.05, 3.63) is 65.2 Å². The number of methoxy groups -OCH3 is 1. The molecular formula is C28H36N4O5. The number of benzene rings is 2. The van der Waals surface area contributed by atoms with Crippen LogP contribution >= 0.6 is 0 Å². The molecule has 0 aliphatic carbocycles. The zero-order chi connectivity index (χ0) is 26.6. The minimum atomic E-state index is -0.950. The van der Waals surface area contributed by atoms with Gasteiger partial charge in [0, 0.05) is 50.1 Å². The van der Waals surface area contributed by atoms with Gasteiger partial charge < -0.3 is 24.6 Å². The molecule has 198 valence electrons. The number of carbonyl (C=O) groups excluding carboxylic acids is 3. The van der Waals surface area contributed by atoms with Gasteiger partial charge in [0.25, 0.3) is 11.8 Å². The van der Waals surface area contributed by atoms with Crippen LogP contribution in [0.3, 0.4) is 0 Å². The standard InChI is InChI=1S/C28H36N4O5/c1-20-8-5-6-11-23(20)27(35)32-24(25(33)29-14-17-30(2)3)19-37-28(32)12-15-31(16-13-28)26(34)21-9-7-10-22(18-21)36-4/h5-11,18,24H,12-17,19H2,1-4H3,(H,29,33). The lowest BCUT2D eigenvalue weighted by Crippen LogP contribution is -2.60. The average Bonchev–Trinajstić information content (AvgIpc) is 3.27. The van der Waals surface area contributed by atoms with Crippen molar-refractivity contribution in [2.45, 2.75) is 31.5 Å². The number of piperidine rings is 1. The zero-order valence-corrected chi connectivity index (χ0v) is 22.0. The minimum absolute atomic E-state index is 0.0958. The number of likely N-dealkylation sites (N-methyl/N-ethyl adjacent to an activating group) is 1. The molecule has 37 heavy (non-hydrogen) atoms. The molecule has 9 nitrogen and oxygen atoms in total. The maximum atomic E-state index is 13.9. The number of aryl methyl sites for hydroxylation is 1. The van der Waals surface area contributed by atoms with Crippen LogP contribution in [0, 0.1) is 6.92 Å². The lowest BCUT2D eigenvalue weighted by molar-refractivity contribution is -0.128. The number of rotatable bonds is 7. The third-order valence-corrected chi connectivity index (χ3v) is 7.16. The van der Waals surface area contributed by atoms with E-state index in [0.717, 1.165) is 5.56 Å². The number of nitrogens with zero attached hydrogens (tertiary/aromatic N) is 3. The summed E-state index contributed by atoms with van der Waals surface area (Å²) in [5.41, 5.74) is 0.989. The average molecular weight is 509 g/mol. The quantitative estimate of drug-likeness (QED) is 0.617. The molecule has 0 radical (unpaired) electrons. The van der Waals surface area contributed by atoms with Crippen molar-refractivity contribution in [1.82, 2.24) is 20.0 Å². The Kier molecular flexibility index (Phi) is 8.14. The molecule has 2 heterocycles. The van der Waals surface area contributed by atoms with Gasteiger partial charge in [0.1, 0.15) is 17.5 Å². The van der Waals surface area contributed by atoms with E-state index in [0.29, 0.717) is 55.9 Å². The second kappa shape index (κ2) is 11.3. The van der Waals surface area contributed by atoms with E-state index in [9.17, 15) is 14.4 Å². The first-order chi connectivity index (χ1) is 17.8.